The van der Waals surface area contributed by atoms with E-state index in [9.17, 15) is 5.11 Å². The van der Waals surface area contributed by atoms with Crippen molar-refractivity contribution in [3.63, 3.8) is 0 Å². The van der Waals surface area contributed by atoms with E-state index in [4.69, 9.17) is 10.8 Å². The first-order valence-corrected chi connectivity index (χ1v) is 5.31. The fraction of sp³-hybridized carbons (Fsp3) is 0.500. The maximum atomic E-state index is 9.42. The molecule has 0 spiro atoms. The van der Waals surface area contributed by atoms with E-state index in [-0.39, 0.29) is 12.0 Å². The second kappa shape index (κ2) is 3.93. The van der Waals surface area contributed by atoms with Crippen molar-refractivity contribution in [2.75, 3.05) is 13.2 Å². The van der Waals surface area contributed by atoms with E-state index in [0.29, 0.717) is 6.54 Å². The van der Waals surface area contributed by atoms with Crippen molar-refractivity contribution in [1.29, 1.82) is 0 Å². The van der Waals surface area contributed by atoms with Crippen LogP contribution in [0.5, 0.6) is 0 Å². The number of hydrogen-bond donors (Lipinski definition) is 3. The SMILES string of the molecule is NCC1(c2ccc(C(O)CO)cc2)CC1. The molecule has 2 rings (SSSR count). The van der Waals surface area contributed by atoms with Gasteiger partial charge in [-0.15, -0.1) is 0 Å². The maximum absolute atomic E-state index is 9.42. The summed E-state index contributed by atoms with van der Waals surface area (Å²) >= 11 is 0. The van der Waals surface area contributed by atoms with Gasteiger partial charge in [-0.1, -0.05) is 24.3 Å². The summed E-state index contributed by atoms with van der Waals surface area (Å²) in [6.07, 6.45) is 1.55. The lowest BCUT2D eigenvalue weighted by atomic mass is 9.94. The van der Waals surface area contributed by atoms with Gasteiger partial charge >= 0.3 is 0 Å². The van der Waals surface area contributed by atoms with E-state index < -0.39 is 6.10 Å². The summed E-state index contributed by atoms with van der Waals surface area (Å²) in [6, 6.07) is 7.75. The van der Waals surface area contributed by atoms with Crippen LogP contribution in [0.1, 0.15) is 30.1 Å². The molecular weight excluding hydrogens is 190 g/mol. The highest BCUT2D eigenvalue weighted by atomic mass is 16.3. The van der Waals surface area contributed by atoms with Gasteiger partial charge in [0.15, 0.2) is 0 Å². The zero-order chi connectivity index (χ0) is 10.9. The highest BCUT2D eigenvalue weighted by Crippen LogP contribution is 2.47. The minimum atomic E-state index is -0.771. The third kappa shape index (κ3) is 1.91. The van der Waals surface area contributed by atoms with Crippen LogP contribution in [0.4, 0.5) is 0 Å². The Morgan fingerprint density at radius 3 is 2.27 bits per heavy atom. The van der Waals surface area contributed by atoms with Crippen LogP contribution in [0, 0.1) is 0 Å². The number of aliphatic hydroxyl groups excluding tert-OH is 2. The van der Waals surface area contributed by atoms with Gasteiger partial charge in [-0.25, -0.2) is 0 Å². The standard InChI is InChI=1S/C12H17NO2/c13-8-12(5-6-12)10-3-1-9(2-4-10)11(15)7-14/h1-4,11,14-15H,5-8,13H2. The van der Waals surface area contributed by atoms with Gasteiger partial charge in [0.1, 0.15) is 6.10 Å². The number of benzene rings is 1. The highest BCUT2D eigenvalue weighted by Gasteiger charge is 2.42. The molecule has 3 nitrogen and oxygen atoms in total. The molecule has 4 N–H and O–H groups in total. The average Bonchev–Trinajstić information content (AvgIpc) is 3.09. The summed E-state index contributed by atoms with van der Waals surface area (Å²) in [6.45, 7) is 0.455. The topological polar surface area (TPSA) is 66.5 Å². The van der Waals surface area contributed by atoms with Gasteiger partial charge < -0.3 is 15.9 Å². The van der Waals surface area contributed by atoms with Crippen LogP contribution in [0.3, 0.4) is 0 Å². The average molecular weight is 207 g/mol. The zero-order valence-corrected chi connectivity index (χ0v) is 8.69. The van der Waals surface area contributed by atoms with Crippen LogP contribution in [0.15, 0.2) is 24.3 Å². The first kappa shape index (κ1) is 10.6. The Kier molecular flexibility index (Phi) is 2.78. The summed E-state index contributed by atoms with van der Waals surface area (Å²) in [5, 5.41) is 18.2. The summed E-state index contributed by atoms with van der Waals surface area (Å²) in [5.41, 5.74) is 7.94. The predicted octanol–water partition coefficient (Wildman–Crippen LogP) is 0.703. The van der Waals surface area contributed by atoms with Gasteiger partial charge in [-0.3, -0.25) is 0 Å². The van der Waals surface area contributed by atoms with E-state index in [2.05, 4.69) is 0 Å². The van der Waals surface area contributed by atoms with Crippen LogP contribution in [-0.4, -0.2) is 23.4 Å². The van der Waals surface area contributed by atoms with Crippen LogP contribution in [0.2, 0.25) is 0 Å². The third-order valence-electron chi connectivity index (χ3n) is 3.33. The van der Waals surface area contributed by atoms with Crippen molar-refractivity contribution in [3.8, 4) is 0 Å². The lowest BCUT2D eigenvalue weighted by molar-refractivity contribution is 0.0956. The fourth-order valence-corrected chi connectivity index (χ4v) is 1.93. The lowest BCUT2D eigenvalue weighted by Crippen LogP contribution is -2.19. The summed E-state index contributed by atoms with van der Waals surface area (Å²) in [5.74, 6) is 0. The number of aliphatic hydroxyl groups is 2. The first-order chi connectivity index (χ1) is 7.22. The summed E-state index contributed by atoms with van der Waals surface area (Å²) < 4.78 is 0. The molecule has 15 heavy (non-hydrogen) atoms. The molecule has 1 saturated carbocycles. The van der Waals surface area contributed by atoms with E-state index in [1.54, 1.807) is 0 Å². The number of rotatable bonds is 4. The number of nitrogens with two attached hydrogens (primary N) is 1. The Balaban J connectivity index is 2.17. The smallest absolute Gasteiger partial charge is 0.102 e. The minimum Gasteiger partial charge on any atom is -0.393 e. The molecular formula is C12H17NO2. The van der Waals surface area contributed by atoms with Crippen molar-refractivity contribution in [2.24, 2.45) is 5.73 Å². The predicted molar refractivity (Wildman–Crippen MR) is 58.5 cm³/mol. The molecule has 1 atom stereocenters. The molecule has 1 aliphatic rings. The molecule has 1 unspecified atom stereocenters. The summed E-state index contributed by atoms with van der Waals surface area (Å²) in [4.78, 5) is 0. The van der Waals surface area contributed by atoms with Gasteiger partial charge in [0.25, 0.3) is 0 Å². The van der Waals surface area contributed by atoms with Gasteiger partial charge in [0.05, 0.1) is 6.61 Å². The molecule has 0 amide bonds. The molecule has 0 aliphatic heterocycles. The van der Waals surface area contributed by atoms with E-state index >= 15 is 0 Å². The van der Waals surface area contributed by atoms with Gasteiger partial charge in [-0.05, 0) is 24.0 Å². The molecule has 1 aliphatic carbocycles. The maximum Gasteiger partial charge on any atom is 0.102 e. The molecule has 0 saturated heterocycles. The van der Waals surface area contributed by atoms with E-state index in [1.165, 1.54) is 5.56 Å². The van der Waals surface area contributed by atoms with Crippen LogP contribution in [0.25, 0.3) is 0 Å². The molecule has 0 radical (unpaired) electrons. The molecule has 0 aromatic heterocycles. The quantitative estimate of drug-likeness (QED) is 0.681. The second-order valence-corrected chi connectivity index (χ2v) is 4.30. The van der Waals surface area contributed by atoms with E-state index in [0.717, 1.165) is 18.4 Å². The third-order valence-corrected chi connectivity index (χ3v) is 3.33. The number of hydrogen-bond acceptors (Lipinski definition) is 3. The molecule has 3 heteroatoms. The van der Waals surface area contributed by atoms with Crippen LogP contribution >= 0.6 is 0 Å². The monoisotopic (exact) mass is 207 g/mol. The van der Waals surface area contributed by atoms with Crippen LogP contribution < -0.4 is 5.73 Å². The van der Waals surface area contributed by atoms with Gasteiger partial charge in [0.2, 0.25) is 0 Å². The normalized spacial score (nSPS) is 19.9. The van der Waals surface area contributed by atoms with Crippen molar-refractivity contribution in [1.82, 2.24) is 0 Å². The lowest BCUT2D eigenvalue weighted by Gasteiger charge is -2.14. The molecule has 0 bridgehead atoms. The van der Waals surface area contributed by atoms with Crippen molar-refractivity contribution in [3.05, 3.63) is 35.4 Å². The minimum absolute atomic E-state index is 0.197. The first-order valence-electron chi connectivity index (χ1n) is 5.31. The molecule has 82 valence electrons. The van der Waals surface area contributed by atoms with Gasteiger partial charge in [-0.2, -0.15) is 0 Å². The second-order valence-electron chi connectivity index (χ2n) is 4.30. The fourth-order valence-electron chi connectivity index (χ4n) is 1.93. The van der Waals surface area contributed by atoms with E-state index in [1.807, 2.05) is 24.3 Å². The largest absolute Gasteiger partial charge is 0.393 e. The molecule has 1 aromatic carbocycles. The Bertz CT molecular complexity index is 330. The zero-order valence-electron chi connectivity index (χ0n) is 8.69. The van der Waals surface area contributed by atoms with Crippen molar-refractivity contribution in [2.45, 2.75) is 24.4 Å². The van der Waals surface area contributed by atoms with Crippen molar-refractivity contribution < 1.29 is 10.2 Å². The Labute approximate surface area is 89.5 Å². The summed E-state index contributed by atoms with van der Waals surface area (Å²) in [7, 11) is 0. The Morgan fingerprint density at radius 2 is 1.87 bits per heavy atom. The Hall–Kier alpha value is -0.900. The van der Waals surface area contributed by atoms with Crippen LogP contribution in [-0.2, 0) is 5.41 Å². The Morgan fingerprint density at radius 1 is 1.27 bits per heavy atom. The van der Waals surface area contributed by atoms with Gasteiger partial charge in [0, 0.05) is 12.0 Å². The van der Waals surface area contributed by atoms with Crippen molar-refractivity contribution >= 4 is 0 Å². The molecule has 1 fully saturated rings. The highest BCUT2D eigenvalue weighted by molar-refractivity contribution is 5.34. The molecule has 0 heterocycles. The molecule has 1 aromatic rings.